The van der Waals surface area contributed by atoms with Gasteiger partial charge in [-0.3, -0.25) is 4.90 Å². The van der Waals surface area contributed by atoms with Crippen molar-refractivity contribution in [2.75, 3.05) is 7.05 Å². The lowest BCUT2D eigenvalue weighted by Gasteiger charge is -2.44. The van der Waals surface area contributed by atoms with E-state index >= 15 is 0 Å². The highest BCUT2D eigenvalue weighted by Crippen LogP contribution is 2.67. The minimum atomic E-state index is 0.652. The predicted octanol–water partition coefficient (Wildman–Crippen LogP) is 1.27. The first kappa shape index (κ1) is 5.36. The fourth-order valence-corrected chi connectivity index (χ4v) is 2.86. The monoisotopic (exact) mass is 135 g/mol. The van der Waals surface area contributed by atoms with Crippen LogP contribution in [0.2, 0.25) is 0 Å². The number of hydrogen-bond acceptors (Lipinski definition) is 1. The van der Waals surface area contributed by atoms with E-state index in [1.165, 1.54) is 6.42 Å². The molecule has 0 aromatic carbocycles. The zero-order valence-electron chi connectivity index (χ0n) is 6.54. The van der Waals surface area contributed by atoms with E-state index in [1.807, 2.05) is 0 Å². The Morgan fingerprint density at radius 3 is 2.60 bits per heavy atom. The van der Waals surface area contributed by atoms with Crippen LogP contribution in [0.3, 0.4) is 0 Å². The van der Waals surface area contributed by atoms with Crippen LogP contribution < -0.4 is 0 Å². The molecule has 1 saturated carbocycles. The van der Waals surface area contributed by atoms with E-state index in [2.05, 4.69) is 31.0 Å². The van der Waals surface area contributed by atoms with E-state index in [0.717, 1.165) is 17.9 Å². The van der Waals surface area contributed by atoms with Crippen LogP contribution in [-0.2, 0) is 0 Å². The minimum Gasteiger partial charge on any atom is -0.296 e. The molecule has 0 amide bonds. The Morgan fingerprint density at radius 1 is 1.50 bits per heavy atom. The molecule has 0 aromatic rings. The Hall–Kier alpha value is -0.300. The van der Waals surface area contributed by atoms with Crippen LogP contribution in [0.1, 0.15) is 13.3 Å². The van der Waals surface area contributed by atoms with Crippen LogP contribution in [-0.4, -0.2) is 23.5 Å². The Morgan fingerprint density at radius 2 is 2.20 bits per heavy atom. The summed E-state index contributed by atoms with van der Waals surface area (Å²) in [6.07, 6.45) is 6.16. The molecule has 0 bridgehead atoms. The second-order valence-corrected chi connectivity index (χ2v) is 4.06. The van der Waals surface area contributed by atoms with Crippen molar-refractivity contribution >= 4 is 0 Å². The van der Waals surface area contributed by atoms with Gasteiger partial charge >= 0.3 is 0 Å². The molecule has 2 fully saturated rings. The number of fused-ring (bicyclic) bond motifs is 1. The molecule has 1 aliphatic heterocycles. The molecule has 0 radical (unpaired) electrons. The average molecular weight is 135 g/mol. The molecule has 10 heavy (non-hydrogen) atoms. The fourth-order valence-electron chi connectivity index (χ4n) is 2.86. The lowest BCUT2D eigenvalue weighted by molar-refractivity contribution is 0.0344. The highest BCUT2D eigenvalue weighted by atomic mass is 15.3. The van der Waals surface area contributed by atoms with Crippen molar-refractivity contribution < 1.29 is 0 Å². The summed E-state index contributed by atoms with van der Waals surface area (Å²) in [5.74, 6) is 1.90. The maximum absolute atomic E-state index is 2.56. The van der Waals surface area contributed by atoms with Gasteiger partial charge in [0.2, 0.25) is 0 Å². The number of likely N-dealkylation sites (tertiary alicyclic amines) is 1. The molecule has 0 aromatic heterocycles. The Kier molecular flexibility index (Phi) is 0.646. The van der Waals surface area contributed by atoms with Crippen LogP contribution in [0.15, 0.2) is 12.2 Å². The lowest BCUT2D eigenvalue weighted by atomic mass is 9.90. The van der Waals surface area contributed by atoms with Crippen LogP contribution >= 0.6 is 0 Å². The molecular weight excluding hydrogens is 122 g/mol. The third-order valence-electron chi connectivity index (χ3n) is 3.84. The van der Waals surface area contributed by atoms with Crippen LogP contribution in [0, 0.1) is 11.8 Å². The van der Waals surface area contributed by atoms with Gasteiger partial charge in [0.05, 0.1) is 0 Å². The first-order valence-corrected chi connectivity index (χ1v) is 4.18. The summed E-state index contributed by atoms with van der Waals surface area (Å²) in [5, 5.41) is 0. The molecule has 0 N–H and O–H groups in total. The van der Waals surface area contributed by atoms with Crippen LogP contribution in [0.5, 0.6) is 0 Å². The van der Waals surface area contributed by atoms with E-state index < -0.39 is 0 Å². The van der Waals surface area contributed by atoms with E-state index in [1.54, 1.807) is 0 Å². The lowest BCUT2D eigenvalue weighted by Crippen LogP contribution is -2.55. The third-order valence-corrected chi connectivity index (χ3v) is 3.84. The molecule has 1 heteroatoms. The first-order valence-electron chi connectivity index (χ1n) is 4.18. The van der Waals surface area contributed by atoms with Crippen molar-refractivity contribution in [3.8, 4) is 0 Å². The SMILES string of the molecule is C[C@@H]1C2CC2(C2C=C2)N1C. The van der Waals surface area contributed by atoms with Gasteiger partial charge in [0.1, 0.15) is 0 Å². The average Bonchev–Trinajstić information content (AvgIpc) is 2.80. The summed E-state index contributed by atoms with van der Waals surface area (Å²) < 4.78 is 0. The van der Waals surface area contributed by atoms with E-state index in [0.29, 0.717) is 5.54 Å². The summed E-state index contributed by atoms with van der Waals surface area (Å²) in [5.41, 5.74) is 0.652. The number of hydrogen-bond donors (Lipinski definition) is 0. The molecule has 3 atom stereocenters. The predicted molar refractivity (Wildman–Crippen MR) is 40.7 cm³/mol. The van der Waals surface area contributed by atoms with Gasteiger partial charge in [-0.15, -0.1) is 0 Å². The second kappa shape index (κ2) is 1.20. The molecule has 1 saturated heterocycles. The van der Waals surface area contributed by atoms with Crippen molar-refractivity contribution in [2.45, 2.75) is 24.9 Å². The Labute approximate surface area is 61.7 Å². The van der Waals surface area contributed by atoms with Crippen molar-refractivity contribution in [1.29, 1.82) is 0 Å². The normalized spacial score (nSPS) is 57.8. The maximum Gasteiger partial charge on any atom is 0.0354 e. The van der Waals surface area contributed by atoms with Gasteiger partial charge < -0.3 is 0 Å². The summed E-state index contributed by atoms with van der Waals surface area (Å²) >= 11 is 0. The van der Waals surface area contributed by atoms with Gasteiger partial charge in [0.15, 0.2) is 0 Å². The summed E-state index contributed by atoms with van der Waals surface area (Å²) in [7, 11) is 2.27. The Balaban J connectivity index is 1.86. The first-order chi connectivity index (χ1) is 4.77. The smallest absolute Gasteiger partial charge is 0.0354 e. The van der Waals surface area contributed by atoms with Gasteiger partial charge in [-0.25, -0.2) is 0 Å². The van der Waals surface area contributed by atoms with Gasteiger partial charge in [-0.1, -0.05) is 12.2 Å². The number of rotatable bonds is 1. The molecule has 1 heterocycles. The molecule has 2 unspecified atom stereocenters. The zero-order chi connectivity index (χ0) is 6.93. The highest BCUT2D eigenvalue weighted by Gasteiger charge is 2.73. The number of nitrogens with zero attached hydrogens (tertiary/aromatic N) is 1. The van der Waals surface area contributed by atoms with E-state index in [9.17, 15) is 0 Å². The minimum absolute atomic E-state index is 0.652. The summed E-state index contributed by atoms with van der Waals surface area (Å²) in [6, 6.07) is 0.863. The second-order valence-electron chi connectivity index (χ2n) is 4.06. The van der Waals surface area contributed by atoms with Crippen molar-refractivity contribution in [3.63, 3.8) is 0 Å². The quantitative estimate of drug-likeness (QED) is 0.489. The molecule has 3 rings (SSSR count). The molecule has 1 nitrogen and oxygen atoms in total. The maximum atomic E-state index is 2.56. The third kappa shape index (κ3) is 0.344. The van der Waals surface area contributed by atoms with Gasteiger partial charge in [-0.05, 0) is 26.3 Å². The molecule has 2 aliphatic carbocycles. The topological polar surface area (TPSA) is 3.24 Å². The largest absolute Gasteiger partial charge is 0.296 e. The highest BCUT2D eigenvalue weighted by molar-refractivity contribution is 5.38. The van der Waals surface area contributed by atoms with Crippen LogP contribution in [0.25, 0.3) is 0 Å². The van der Waals surface area contributed by atoms with Gasteiger partial charge in [0, 0.05) is 17.5 Å². The molecule has 54 valence electrons. The standard InChI is InChI=1S/C9H13N/c1-6-8-5-9(8,10(6)2)7-3-4-7/h3-4,6-8H,5H2,1-2H3/t6-,8?,9?/m1/s1. The molecule has 0 spiro atoms. The van der Waals surface area contributed by atoms with Crippen molar-refractivity contribution in [3.05, 3.63) is 12.2 Å². The van der Waals surface area contributed by atoms with Crippen molar-refractivity contribution in [2.24, 2.45) is 11.8 Å². The Bertz CT molecular complexity index is 215. The van der Waals surface area contributed by atoms with Crippen LogP contribution in [0.4, 0.5) is 0 Å². The van der Waals surface area contributed by atoms with E-state index in [4.69, 9.17) is 0 Å². The molecular formula is C9H13N. The summed E-state index contributed by atoms with van der Waals surface area (Å²) in [4.78, 5) is 2.56. The van der Waals surface area contributed by atoms with Gasteiger partial charge in [-0.2, -0.15) is 0 Å². The van der Waals surface area contributed by atoms with E-state index in [-0.39, 0.29) is 0 Å². The van der Waals surface area contributed by atoms with Gasteiger partial charge in [0.25, 0.3) is 0 Å². The fraction of sp³-hybridized carbons (Fsp3) is 0.778. The van der Waals surface area contributed by atoms with Crippen molar-refractivity contribution in [1.82, 2.24) is 4.90 Å². The summed E-state index contributed by atoms with van der Waals surface area (Å²) in [6.45, 7) is 2.35. The molecule has 3 aliphatic rings. The zero-order valence-corrected chi connectivity index (χ0v) is 6.54.